The molecule has 1 nitrogen and oxygen atoms in total. The Morgan fingerprint density at radius 2 is 1.80 bits per heavy atom. The van der Waals surface area contributed by atoms with Gasteiger partial charge in [-0.2, -0.15) is 0 Å². The number of aryl methyl sites for hydroxylation is 1. The number of halogens is 1. The zero-order chi connectivity index (χ0) is 14.8. The van der Waals surface area contributed by atoms with Crippen molar-refractivity contribution in [1.29, 1.82) is 0 Å². The summed E-state index contributed by atoms with van der Waals surface area (Å²) in [6, 6.07) is 5.45. The molecule has 114 valence electrons. The molecule has 1 N–H and O–H groups in total. The summed E-state index contributed by atoms with van der Waals surface area (Å²) in [4.78, 5) is 0. The van der Waals surface area contributed by atoms with E-state index in [2.05, 4.69) is 26.1 Å². The maximum atomic E-state index is 13.5. The summed E-state index contributed by atoms with van der Waals surface area (Å²) in [6.07, 6.45) is 8.64. The first-order chi connectivity index (χ1) is 9.69. The van der Waals surface area contributed by atoms with Crippen molar-refractivity contribution >= 4 is 0 Å². The molecular weight excluding hydrogens is 249 g/mol. The van der Waals surface area contributed by atoms with Crippen LogP contribution >= 0.6 is 0 Å². The lowest BCUT2D eigenvalue weighted by molar-refractivity contribution is 0.464. The second kappa shape index (κ2) is 9.93. The lowest BCUT2D eigenvalue weighted by Gasteiger charge is -2.21. The first-order valence-electron chi connectivity index (χ1n) is 8.18. The van der Waals surface area contributed by atoms with E-state index >= 15 is 0 Å². The van der Waals surface area contributed by atoms with Crippen LogP contribution in [0.2, 0.25) is 0 Å². The summed E-state index contributed by atoms with van der Waals surface area (Å²) < 4.78 is 13.5. The Morgan fingerprint density at radius 3 is 2.50 bits per heavy atom. The second-order valence-electron chi connectivity index (χ2n) is 5.71. The number of rotatable bonds is 10. The number of nitrogens with one attached hydrogen (secondary N) is 1. The van der Waals surface area contributed by atoms with Gasteiger partial charge in [0.2, 0.25) is 0 Å². The highest BCUT2D eigenvalue weighted by Gasteiger charge is 2.13. The standard InChI is InChI=1S/C18H30FN/c1-4-6-7-8-9-10-18(20-13-5-2)17-14-16(19)12-11-15(17)3/h11-12,14,18,20H,4-10,13H2,1-3H3. The molecule has 1 aromatic carbocycles. The molecule has 1 atom stereocenters. The first-order valence-corrected chi connectivity index (χ1v) is 8.18. The van der Waals surface area contributed by atoms with Gasteiger partial charge in [0.1, 0.15) is 5.82 Å². The van der Waals surface area contributed by atoms with E-state index < -0.39 is 0 Å². The Balaban J connectivity index is 2.60. The molecule has 0 bridgehead atoms. The van der Waals surface area contributed by atoms with Gasteiger partial charge in [0.15, 0.2) is 0 Å². The van der Waals surface area contributed by atoms with E-state index in [0.29, 0.717) is 6.04 Å². The summed E-state index contributed by atoms with van der Waals surface area (Å²) in [6.45, 7) is 7.48. The van der Waals surface area contributed by atoms with E-state index in [0.717, 1.165) is 24.9 Å². The predicted molar refractivity (Wildman–Crippen MR) is 85.5 cm³/mol. The maximum absolute atomic E-state index is 13.5. The van der Waals surface area contributed by atoms with Crippen molar-refractivity contribution in [2.24, 2.45) is 0 Å². The van der Waals surface area contributed by atoms with Crippen molar-refractivity contribution in [3.8, 4) is 0 Å². The SMILES string of the molecule is CCCCCCCC(NCCC)c1cc(F)ccc1C. The van der Waals surface area contributed by atoms with Gasteiger partial charge in [-0.05, 0) is 49.6 Å². The van der Waals surface area contributed by atoms with Gasteiger partial charge in [0.05, 0.1) is 0 Å². The third-order valence-electron chi connectivity index (χ3n) is 3.85. The van der Waals surface area contributed by atoms with Gasteiger partial charge in [-0.15, -0.1) is 0 Å². The van der Waals surface area contributed by atoms with Gasteiger partial charge in [0.25, 0.3) is 0 Å². The lowest BCUT2D eigenvalue weighted by Crippen LogP contribution is -2.23. The normalized spacial score (nSPS) is 12.6. The second-order valence-corrected chi connectivity index (χ2v) is 5.71. The molecule has 1 rings (SSSR count). The fourth-order valence-corrected chi connectivity index (χ4v) is 2.62. The highest BCUT2D eigenvalue weighted by molar-refractivity contribution is 5.29. The van der Waals surface area contributed by atoms with Crippen LogP contribution in [0.5, 0.6) is 0 Å². The molecule has 1 aromatic rings. The summed E-state index contributed by atoms with van der Waals surface area (Å²) in [5.74, 6) is -0.125. The summed E-state index contributed by atoms with van der Waals surface area (Å²) in [5, 5.41) is 3.58. The molecule has 1 unspecified atom stereocenters. The Morgan fingerprint density at radius 1 is 1.05 bits per heavy atom. The Hall–Kier alpha value is -0.890. The maximum Gasteiger partial charge on any atom is 0.123 e. The average Bonchev–Trinajstić information content (AvgIpc) is 2.45. The topological polar surface area (TPSA) is 12.0 Å². The molecule has 0 heterocycles. The van der Waals surface area contributed by atoms with Gasteiger partial charge >= 0.3 is 0 Å². The Labute approximate surface area is 124 Å². The van der Waals surface area contributed by atoms with E-state index in [9.17, 15) is 4.39 Å². The monoisotopic (exact) mass is 279 g/mol. The average molecular weight is 279 g/mol. The van der Waals surface area contributed by atoms with Crippen molar-refractivity contribution in [2.75, 3.05) is 6.54 Å². The van der Waals surface area contributed by atoms with Crippen molar-refractivity contribution < 1.29 is 4.39 Å². The molecule has 0 aliphatic rings. The van der Waals surface area contributed by atoms with Crippen molar-refractivity contribution in [1.82, 2.24) is 5.32 Å². The van der Waals surface area contributed by atoms with Crippen LogP contribution in [0.15, 0.2) is 18.2 Å². The van der Waals surface area contributed by atoms with Gasteiger partial charge < -0.3 is 5.32 Å². The summed E-state index contributed by atoms with van der Waals surface area (Å²) in [5.41, 5.74) is 2.32. The smallest absolute Gasteiger partial charge is 0.123 e. The zero-order valence-electron chi connectivity index (χ0n) is 13.3. The van der Waals surface area contributed by atoms with Gasteiger partial charge in [-0.3, -0.25) is 0 Å². The third-order valence-corrected chi connectivity index (χ3v) is 3.85. The molecule has 0 saturated heterocycles. The summed E-state index contributed by atoms with van der Waals surface area (Å²) in [7, 11) is 0. The van der Waals surface area contributed by atoms with Crippen LogP contribution in [0.1, 0.15) is 76.0 Å². The van der Waals surface area contributed by atoms with Gasteiger partial charge in [0, 0.05) is 6.04 Å². The largest absolute Gasteiger partial charge is 0.310 e. The molecule has 0 saturated carbocycles. The third kappa shape index (κ3) is 6.04. The van der Waals surface area contributed by atoms with Crippen molar-refractivity contribution in [3.63, 3.8) is 0 Å². The van der Waals surface area contributed by atoms with Crippen molar-refractivity contribution in [3.05, 3.63) is 35.1 Å². The summed E-state index contributed by atoms with van der Waals surface area (Å²) >= 11 is 0. The van der Waals surface area contributed by atoms with E-state index in [1.807, 2.05) is 6.07 Å². The number of hydrogen-bond acceptors (Lipinski definition) is 1. The predicted octanol–water partition coefficient (Wildman–Crippen LogP) is 5.54. The Kier molecular flexibility index (Phi) is 8.52. The van der Waals surface area contributed by atoms with Gasteiger partial charge in [-0.25, -0.2) is 4.39 Å². The highest BCUT2D eigenvalue weighted by atomic mass is 19.1. The molecule has 0 radical (unpaired) electrons. The van der Waals surface area contributed by atoms with Crippen LogP contribution < -0.4 is 5.32 Å². The first kappa shape index (κ1) is 17.2. The van der Waals surface area contributed by atoms with E-state index in [-0.39, 0.29) is 5.82 Å². The number of benzene rings is 1. The molecule has 0 aromatic heterocycles. The Bertz CT molecular complexity index is 376. The van der Waals surface area contributed by atoms with E-state index in [4.69, 9.17) is 0 Å². The molecule has 0 aliphatic heterocycles. The minimum Gasteiger partial charge on any atom is -0.310 e. The van der Waals surface area contributed by atoms with E-state index in [1.165, 1.54) is 37.7 Å². The van der Waals surface area contributed by atoms with Crippen LogP contribution in [-0.2, 0) is 0 Å². The molecule has 0 aliphatic carbocycles. The minimum absolute atomic E-state index is 0.125. The molecule has 2 heteroatoms. The van der Waals surface area contributed by atoms with Crippen molar-refractivity contribution in [2.45, 2.75) is 71.8 Å². The number of unbranched alkanes of at least 4 members (excludes halogenated alkanes) is 4. The number of hydrogen-bond donors (Lipinski definition) is 1. The van der Waals surface area contributed by atoms with Crippen LogP contribution in [0.4, 0.5) is 4.39 Å². The fraction of sp³-hybridized carbons (Fsp3) is 0.667. The van der Waals surface area contributed by atoms with Crippen LogP contribution in [0, 0.1) is 12.7 Å². The highest BCUT2D eigenvalue weighted by Crippen LogP contribution is 2.24. The lowest BCUT2D eigenvalue weighted by atomic mass is 9.96. The molecular formula is C18H30FN. The van der Waals surface area contributed by atoms with Crippen LogP contribution in [0.3, 0.4) is 0 Å². The van der Waals surface area contributed by atoms with Gasteiger partial charge in [-0.1, -0.05) is 52.0 Å². The van der Waals surface area contributed by atoms with Crippen LogP contribution in [0.25, 0.3) is 0 Å². The fourth-order valence-electron chi connectivity index (χ4n) is 2.62. The molecule has 0 amide bonds. The van der Waals surface area contributed by atoms with E-state index in [1.54, 1.807) is 12.1 Å². The van der Waals surface area contributed by atoms with Crippen LogP contribution in [-0.4, -0.2) is 6.54 Å². The molecule has 20 heavy (non-hydrogen) atoms. The molecule has 0 spiro atoms. The minimum atomic E-state index is -0.125. The zero-order valence-corrected chi connectivity index (χ0v) is 13.3. The quantitative estimate of drug-likeness (QED) is 0.555. The molecule has 0 fully saturated rings.